The maximum atomic E-state index is 12.8. The van der Waals surface area contributed by atoms with Gasteiger partial charge in [-0.1, -0.05) is 36.4 Å². The normalized spacial score (nSPS) is 21.3. The predicted octanol–water partition coefficient (Wildman–Crippen LogP) is 2.83. The van der Waals surface area contributed by atoms with Crippen LogP contribution in [0.3, 0.4) is 0 Å². The van der Waals surface area contributed by atoms with Crippen molar-refractivity contribution in [3.8, 4) is 22.4 Å². The number of aromatic nitrogens is 4. The van der Waals surface area contributed by atoms with E-state index in [-0.39, 0.29) is 29.6 Å². The lowest BCUT2D eigenvalue weighted by Gasteiger charge is -2.40. The van der Waals surface area contributed by atoms with Gasteiger partial charge in [0.25, 0.3) is 5.91 Å². The minimum Gasteiger partial charge on any atom is -0.393 e. The molecule has 4 aromatic rings. The highest BCUT2D eigenvalue weighted by Crippen LogP contribution is 2.44. The lowest BCUT2D eigenvalue weighted by atomic mass is 9.85. The first-order chi connectivity index (χ1) is 18.9. The molecule has 5 heterocycles. The maximum Gasteiger partial charge on any atom is 0.254 e. The smallest absolute Gasteiger partial charge is 0.254 e. The Kier molecular flexibility index (Phi) is 6.36. The van der Waals surface area contributed by atoms with Crippen molar-refractivity contribution in [1.82, 2.24) is 24.5 Å². The molecule has 10 heteroatoms. The number of rotatable bonds is 6. The molecule has 2 fully saturated rings. The van der Waals surface area contributed by atoms with Crippen LogP contribution in [0.25, 0.3) is 28.0 Å². The van der Waals surface area contributed by atoms with E-state index in [4.69, 9.17) is 10.7 Å². The molecule has 0 unspecified atom stereocenters. The monoisotopic (exact) mass is 526 g/mol. The summed E-state index contributed by atoms with van der Waals surface area (Å²) in [4.78, 5) is 36.9. The molecule has 10 nitrogen and oxygen atoms in total. The Labute approximate surface area is 225 Å². The maximum absolute atomic E-state index is 12.8. The third-order valence-corrected chi connectivity index (χ3v) is 8.04. The largest absolute Gasteiger partial charge is 0.393 e. The molecule has 200 valence electrons. The minimum absolute atomic E-state index is 0.0923. The van der Waals surface area contributed by atoms with Gasteiger partial charge in [-0.25, -0.2) is 4.98 Å². The van der Waals surface area contributed by atoms with E-state index in [0.717, 1.165) is 35.2 Å². The van der Waals surface area contributed by atoms with Crippen LogP contribution in [-0.2, 0) is 4.79 Å². The molecule has 3 aromatic heterocycles. The number of nitrogens with two attached hydrogens (primary N) is 1. The summed E-state index contributed by atoms with van der Waals surface area (Å²) in [6.07, 6.45) is 4.85. The Bertz CT molecular complexity index is 1540. The lowest BCUT2D eigenvalue weighted by Crippen LogP contribution is -2.51. The fourth-order valence-electron chi connectivity index (χ4n) is 6.24. The summed E-state index contributed by atoms with van der Waals surface area (Å²) in [6.45, 7) is 0.872. The van der Waals surface area contributed by atoms with E-state index < -0.39 is 18.6 Å². The number of ketones is 1. The second kappa shape index (κ2) is 9.87. The minimum atomic E-state index is -1.42. The number of carbonyl (C=O) groups excluding carboxylic acids is 2. The standard InChI is InChI=1S/C29H30N6O4/c1-16(37)25-26(19-11-20-8-9-21(12-19)34(20)29(39)24(38)15-36)33-28-22(14-32-35(28)27(25)30)18-7-10-23(31-13-18)17-5-3-2-4-6-17/h2-7,10,13-14,19-21,24,36,38H,8-9,11-12,15,30H2,1H3/t20-,21-,24-/m1/s1. The van der Waals surface area contributed by atoms with Crippen molar-refractivity contribution < 1.29 is 19.8 Å². The van der Waals surface area contributed by atoms with Crippen molar-refractivity contribution in [3.05, 3.63) is 66.1 Å². The van der Waals surface area contributed by atoms with E-state index >= 15 is 0 Å². The van der Waals surface area contributed by atoms with Crippen LogP contribution in [0.5, 0.6) is 0 Å². The Hall–Kier alpha value is -4.15. The molecule has 1 aromatic carbocycles. The molecule has 2 saturated heterocycles. The molecule has 4 N–H and O–H groups in total. The lowest BCUT2D eigenvalue weighted by molar-refractivity contribution is -0.147. The van der Waals surface area contributed by atoms with Gasteiger partial charge in [0.05, 0.1) is 29.8 Å². The highest BCUT2D eigenvalue weighted by atomic mass is 16.3. The number of hydrogen-bond acceptors (Lipinski definition) is 8. The summed E-state index contributed by atoms with van der Waals surface area (Å²) < 4.78 is 1.51. The summed E-state index contributed by atoms with van der Waals surface area (Å²) in [6, 6.07) is 13.6. The van der Waals surface area contributed by atoms with Crippen LogP contribution in [0.1, 0.15) is 54.6 Å². The van der Waals surface area contributed by atoms with Crippen LogP contribution in [0, 0.1) is 0 Å². The predicted molar refractivity (Wildman–Crippen MR) is 145 cm³/mol. The van der Waals surface area contributed by atoms with E-state index in [1.165, 1.54) is 11.4 Å². The van der Waals surface area contributed by atoms with Crippen LogP contribution in [-0.4, -0.2) is 71.2 Å². The first-order valence-electron chi connectivity index (χ1n) is 13.2. The van der Waals surface area contributed by atoms with Gasteiger partial charge in [0.2, 0.25) is 0 Å². The molecule has 2 bridgehead atoms. The Balaban J connectivity index is 1.38. The Morgan fingerprint density at radius 2 is 1.77 bits per heavy atom. The molecule has 0 radical (unpaired) electrons. The number of amides is 1. The van der Waals surface area contributed by atoms with E-state index in [1.54, 1.807) is 17.3 Å². The number of benzene rings is 1. The molecular formula is C29H30N6O4. The molecule has 2 aliphatic heterocycles. The average molecular weight is 527 g/mol. The van der Waals surface area contributed by atoms with E-state index in [0.29, 0.717) is 29.7 Å². The van der Waals surface area contributed by atoms with Crippen LogP contribution >= 0.6 is 0 Å². The molecule has 0 spiro atoms. The number of aliphatic hydroxyl groups excluding tert-OH is 2. The van der Waals surface area contributed by atoms with Gasteiger partial charge < -0.3 is 20.8 Å². The number of Topliss-reactive ketones (excluding diaryl/α,β-unsaturated/α-hetero) is 1. The van der Waals surface area contributed by atoms with Gasteiger partial charge in [-0.15, -0.1) is 0 Å². The summed E-state index contributed by atoms with van der Waals surface area (Å²) >= 11 is 0. The number of nitrogens with zero attached hydrogens (tertiary/aromatic N) is 5. The Morgan fingerprint density at radius 1 is 1.05 bits per heavy atom. The zero-order chi connectivity index (χ0) is 27.3. The summed E-state index contributed by atoms with van der Waals surface area (Å²) in [7, 11) is 0. The summed E-state index contributed by atoms with van der Waals surface area (Å²) in [5, 5.41) is 23.7. The van der Waals surface area contributed by atoms with Crippen molar-refractivity contribution in [1.29, 1.82) is 0 Å². The first kappa shape index (κ1) is 25.1. The molecule has 3 atom stereocenters. The van der Waals surface area contributed by atoms with Crippen LogP contribution in [0.4, 0.5) is 5.82 Å². The number of fused-ring (bicyclic) bond motifs is 3. The molecule has 1 amide bonds. The molecule has 6 rings (SSSR count). The summed E-state index contributed by atoms with van der Waals surface area (Å²) in [5.41, 5.74) is 11.5. The second-order valence-electron chi connectivity index (χ2n) is 10.4. The van der Waals surface area contributed by atoms with Gasteiger partial charge >= 0.3 is 0 Å². The molecule has 0 saturated carbocycles. The third kappa shape index (κ3) is 4.25. The number of carbonyl (C=O) groups is 2. The van der Waals surface area contributed by atoms with Crippen LogP contribution in [0.2, 0.25) is 0 Å². The van der Waals surface area contributed by atoms with E-state index in [2.05, 4.69) is 10.1 Å². The highest BCUT2D eigenvalue weighted by molar-refractivity contribution is 6.00. The SMILES string of the molecule is CC(=O)c1c(C2C[C@H]3CC[C@H](C2)N3C(=O)[C@H](O)CO)nc2c(-c3ccc(-c4ccccc4)nc3)cnn2c1N. The number of hydrogen-bond donors (Lipinski definition) is 3. The number of aliphatic hydroxyl groups is 2. The zero-order valence-corrected chi connectivity index (χ0v) is 21.6. The molecule has 0 aliphatic carbocycles. The van der Waals surface area contributed by atoms with Gasteiger partial charge in [-0.05, 0) is 38.7 Å². The van der Waals surface area contributed by atoms with E-state index in [1.807, 2.05) is 42.5 Å². The average Bonchev–Trinajstić information content (AvgIpc) is 3.50. The number of piperidine rings is 1. The van der Waals surface area contributed by atoms with Crippen LogP contribution in [0.15, 0.2) is 54.9 Å². The van der Waals surface area contributed by atoms with Crippen molar-refractivity contribution >= 4 is 23.2 Å². The van der Waals surface area contributed by atoms with Gasteiger partial charge in [0.1, 0.15) is 5.82 Å². The van der Waals surface area contributed by atoms with Crippen molar-refractivity contribution in [2.24, 2.45) is 0 Å². The molecule has 39 heavy (non-hydrogen) atoms. The first-order valence-corrected chi connectivity index (χ1v) is 13.2. The van der Waals surface area contributed by atoms with Gasteiger partial charge in [0.15, 0.2) is 17.5 Å². The molecule has 2 aliphatic rings. The molecular weight excluding hydrogens is 496 g/mol. The van der Waals surface area contributed by atoms with Crippen molar-refractivity contribution in [2.45, 2.75) is 56.7 Å². The number of anilines is 1. The Morgan fingerprint density at radius 3 is 2.38 bits per heavy atom. The second-order valence-corrected chi connectivity index (χ2v) is 10.4. The summed E-state index contributed by atoms with van der Waals surface area (Å²) in [5.74, 6) is -0.485. The van der Waals surface area contributed by atoms with E-state index in [9.17, 15) is 19.8 Å². The zero-order valence-electron chi connectivity index (χ0n) is 21.6. The van der Waals surface area contributed by atoms with Crippen LogP contribution < -0.4 is 5.73 Å². The fourth-order valence-corrected chi connectivity index (χ4v) is 6.24. The number of nitrogen functional groups attached to an aromatic ring is 1. The van der Waals surface area contributed by atoms with Gasteiger partial charge in [-0.3, -0.25) is 14.6 Å². The van der Waals surface area contributed by atoms with Crippen molar-refractivity contribution in [2.75, 3.05) is 12.3 Å². The fraction of sp³-hybridized carbons (Fsp3) is 0.345. The van der Waals surface area contributed by atoms with Gasteiger partial charge in [-0.2, -0.15) is 9.61 Å². The number of pyridine rings is 1. The topological polar surface area (TPSA) is 147 Å². The highest BCUT2D eigenvalue weighted by Gasteiger charge is 2.46. The van der Waals surface area contributed by atoms with Crippen molar-refractivity contribution in [3.63, 3.8) is 0 Å². The third-order valence-electron chi connectivity index (χ3n) is 8.04. The quantitative estimate of drug-likeness (QED) is 0.325. The van der Waals surface area contributed by atoms with Gasteiger partial charge in [0, 0.05) is 40.9 Å².